The van der Waals surface area contributed by atoms with Crippen LogP contribution in [-0.2, 0) is 16.5 Å². The minimum absolute atomic E-state index is 0. The predicted molar refractivity (Wildman–Crippen MR) is 125 cm³/mol. The number of aryl methyl sites for hydroxylation is 4. The molecule has 0 atom stereocenters. The molecule has 2 nitrogen and oxygen atoms in total. The third kappa shape index (κ3) is 9.09. The first-order valence-corrected chi connectivity index (χ1v) is 10.8. The van der Waals surface area contributed by atoms with Crippen molar-refractivity contribution in [2.45, 2.75) is 79.6 Å². The van der Waals surface area contributed by atoms with Crippen LogP contribution in [0.3, 0.4) is 0 Å². The average molecular weight is 435 g/mol. The molecule has 0 radical (unpaired) electrons. The molecule has 2 rings (SSSR count). The molecule has 0 heterocycles. The number of rotatable bonds is 10. The van der Waals surface area contributed by atoms with E-state index in [4.69, 9.17) is 9.98 Å². The average Bonchev–Trinajstić information content (AvgIpc) is 2.68. The SMILES string of the molecule is CCCCCCCCC(/C=N/c1ccc(C)c(C)c1)=N\c1ccc(C)c(C)c1.[Ni]. The maximum Gasteiger partial charge on any atom is 0.0636 e. The Morgan fingerprint density at radius 3 is 1.90 bits per heavy atom. The molecule has 0 aromatic heterocycles. The summed E-state index contributed by atoms with van der Waals surface area (Å²) >= 11 is 0. The van der Waals surface area contributed by atoms with E-state index in [2.05, 4.69) is 71.0 Å². The van der Waals surface area contributed by atoms with Crippen LogP contribution in [0, 0.1) is 27.7 Å². The van der Waals surface area contributed by atoms with Crippen molar-refractivity contribution in [1.82, 2.24) is 0 Å². The molecule has 0 aliphatic rings. The first kappa shape index (κ1) is 25.3. The molecule has 0 N–H and O–H groups in total. The van der Waals surface area contributed by atoms with E-state index >= 15 is 0 Å². The zero-order valence-electron chi connectivity index (χ0n) is 18.7. The standard InChI is InChI=1S/C26H36N2.Ni/c1-6-7-8-9-10-11-12-26(28-25-16-14-21(3)23(5)18-25)19-27-24-15-13-20(2)22(4)17-24;/h13-19H,6-12H2,1-5H3;/b27-19+,28-26+;. The molecule has 0 spiro atoms. The smallest absolute Gasteiger partial charge is 0.0636 e. The van der Waals surface area contributed by atoms with Gasteiger partial charge in [-0.05, 0) is 87.1 Å². The number of unbranched alkanes of at least 4 members (excludes halogenated alkanes) is 5. The molecule has 0 aliphatic carbocycles. The summed E-state index contributed by atoms with van der Waals surface area (Å²) in [6.07, 6.45) is 10.7. The summed E-state index contributed by atoms with van der Waals surface area (Å²) < 4.78 is 0. The van der Waals surface area contributed by atoms with Gasteiger partial charge in [-0.15, -0.1) is 0 Å². The van der Waals surface area contributed by atoms with Crippen LogP contribution in [0.4, 0.5) is 11.4 Å². The van der Waals surface area contributed by atoms with E-state index in [1.165, 1.54) is 60.8 Å². The van der Waals surface area contributed by atoms with Crippen LogP contribution in [0.1, 0.15) is 74.1 Å². The maximum absolute atomic E-state index is 4.92. The molecule has 160 valence electrons. The quantitative estimate of drug-likeness (QED) is 0.204. The van der Waals surface area contributed by atoms with E-state index in [1.54, 1.807) is 0 Å². The monoisotopic (exact) mass is 434 g/mol. The molecule has 0 bridgehead atoms. The van der Waals surface area contributed by atoms with Gasteiger partial charge in [0, 0.05) is 22.7 Å². The zero-order chi connectivity index (χ0) is 20.4. The largest absolute Gasteiger partial charge is 0.255 e. The molecule has 0 saturated heterocycles. The van der Waals surface area contributed by atoms with E-state index in [0.717, 1.165) is 23.5 Å². The summed E-state index contributed by atoms with van der Waals surface area (Å²) in [6.45, 7) is 10.8. The summed E-state index contributed by atoms with van der Waals surface area (Å²) in [5.41, 5.74) is 8.26. The fourth-order valence-corrected chi connectivity index (χ4v) is 3.15. The second-order valence-corrected chi connectivity index (χ2v) is 7.92. The van der Waals surface area contributed by atoms with Crippen molar-refractivity contribution in [2.75, 3.05) is 0 Å². The van der Waals surface area contributed by atoms with Crippen molar-refractivity contribution in [2.24, 2.45) is 9.98 Å². The van der Waals surface area contributed by atoms with Crippen LogP contribution >= 0.6 is 0 Å². The van der Waals surface area contributed by atoms with Gasteiger partial charge in [0.05, 0.1) is 17.1 Å². The van der Waals surface area contributed by atoms with E-state index in [1.807, 2.05) is 6.21 Å². The fraction of sp³-hybridized carbons (Fsp3) is 0.462. The fourth-order valence-electron chi connectivity index (χ4n) is 3.15. The molecular weight excluding hydrogens is 399 g/mol. The van der Waals surface area contributed by atoms with Gasteiger partial charge in [-0.25, -0.2) is 0 Å². The maximum atomic E-state index is 4.92. The molecule has 0 saturated carbocycles. The molecule has 0 unspecified atom stereocenters. The molecule has 2 aromatic carbocycles. The van der Waals surface area contributed by atoms with Crippen LogP contribution < -0.4 is 0 Å². The van der Waals surface area contributed by atoms with Crippen molar-refractivity contribution in [3.8, 4) is 0 Å². The van der Waals surface area contributed by atoms with Gasteiger partial charge >= 0.3 is 0 Å². The van der Waals surface area contributed by atoms with E-state index in [-0.39, 0.29) is 16.5 Å². The van der Waals surface area contributed by atoms with Crippen molar-refractivity contribution in [3.63, 3.8) is 0 Å². The Morgan fingerprint density at radius 1 is 0.724 bits per heavy atom. The van der Waals surface area contributed by atoms with Crippen molar-refractivity contribution in [1.29, 1.82) is 0 Å². The summed E-state index contributed by atoms with van der Waals surface area (Å²) in [5, 5.41) is 0. The van der Waals surface area contributed by atoms with Gasteiger partial charge in [0.25, 0.3) is 0 Å². The van der Waals surface area contributed by atoms with E-state index in [0.29, 0.717) is 0 Å². The summed E-state index contributed by atoms with van der Waals surface area (Å²) in [6, 6.07) is 12.8. The van der Waals surface area contributed by atoms with E-state index in [9.17, 15) is 0 Å². The van der Waals surface area contributed by atoms with Crippen LogP contribution in [0.25, 0.3) is 0 Å². The molecule has 0 fully saturated rings. The van der Waals surface area contributed by atoms with Crippen LogP contribution in [0.5, 0.6) is 0 Å². The van der Waals surface area contributed by atoms with Gasteiger partial charge in [0.1, 0.15) is 0 Å². The number of hydrogen-bond acceptors (Lipinski definition) is 2. The van der Waals surface area contributed by atoms with Gasteiger partial charge in [0.15, 0.2) is 0 Å². The summed E-state index contributed by atoms with van der Waals surface area (Å²) in [5.74, 6) is 0. The molecule has 0 aliphatic heterocycles. The van der Waals surface area contributed by atoms with Crippen molar-refractivity contribution >= 4 is 23.3 Å². The molecule has 29 heavy (non-hydrogen) atoms. The second-order valence-electron chi connectivity index (χ2n) is 7.92. The van der Waals surface area contributed by atoms with Gasteiger partial charge in [0.2, 0.25) is 0 Å². The van der Waals surface area contributed by atoms with Gasteiger partial charge < -0.3 is 0 Å². The number of benzene rings is 2. The molecule has 2 aromatic rings. The molecular formula is C26H36N2Ni. The Bertz CT molecular complexity index is 821. The minimum atomic E-state index is 0. The van der Waals surface area contributed by atoms with Crippen molar-refractivity contribution < 1.29 is 16.5 Å². The number of aliphatic imine (C=N–C) groups is 2. The molecule has 3 heteroatoms. The second kappa shape index (κ2) is 13.5. The van der Waals surface area contributed by atoms with Crippen molar-refractivity contribution in [3.05, 3.63) is 58.7 Å². The Balaban J connectivity index is 0.00000420. The number of nitrogens with zero attached hydrogens (tertiary/aromatic N) is 2. The van der Waals surface area contributed by atoms with Crippen LogP contribution in [0.2, 0.25) is 0 Å². The van der Waals surface area contributed by atoms with E-state index < -0.39 is 0 Å². The first-order valence-electron chi connectivity index (χ1n) is 10.8. The van der Waals surface area contributed by atoms with Gasteiger partial charge in [-0.1, -0.05) is 51.2 Å². The van der Waals surface area contributed by atoms with Gasteiger partial charge in [-0.2, -0.15) is 0 Å². The minimum Gasteiger partial charge on any atom is -0.255 e. The first-order chi connectivity index (χ1) is 13.5. The summed E-state index contributed by atoms with van der Waals surface area (Å²) in [4.78, 5) is 9.63. The number of hydrogen-bond donors (Lipinski definition) is 0. The van der Waals surface area contributed by atoms with Gasteiger partial charge in [-0.3, -0.25) is 9.98 Å². The Labute approximate surface area is 187 Å². The van der Waals surface area contributed by atoms with Crippen LogP contribution in [0.15, 0.2) is 46.4 Å². The third-order valence-corrected chi connectivity index (χ3v) is 5.40. The topological polar surface area (TPSA) is 24.7 Å². The Hall–Kier alpha value is -1.73. The Kier molecular flexibility index (Phi) is 11.8. The normalized spacial score (nSPS) is 11.7. The summed E-state index contributed by atoms with van der Waals surface area (Å²) in [7, 11) is 0. The molecule has 0 amide bonds. The third-order valence-electron chi connectivity index (χ3n) is 5.40. The van der Waals surface area contributed by atoms with Crippen LogP contribution in [-0.4, -0.2) is 11.9 Å². The predicted octanol–water partition coefficient (Wildman–Crippen LogP) is 8.14. The Morgan fingerprint density at radius 2 is 1.28 bits per heavy atom. The zero-order valence-corrected chi connectivity index (χ0v) is 19.7.